The summed E-state index contributed by atoms with van der Waals surface area (Å²) in [5.41, 5.74) is 1.42. The van der Waals surface area contributed by atoms with Gasteiger partial charge in [-0.15, -0.1) is 0 Å². The summed E-state index contributed by atoms with van der Waals surface area (Å²) in [4.78, 5) is 0. The van der Waals surface area contributed by atoms with Crippen LogP contribution >= 0.6 is 0 Å². The van der Waals surface area contributed by atoms with Gasteiger partial charge in [0.25, 0.3) is 0 Å². The predicted octanol–water partition coefficient (Wildman–Crippen LogP) is 3.22. The van der Waals surface area contributed by atoms with E-state index in [1.807, 2.05) is 0 Å². The highest BCUT2D eigenvalue weighted by Gasteiger charge is 2.45. The first-order valence-corrected chi connectivity index (χ1v) is 9.05. The largest absolute Gasteiger partial charge is 0.487 e. The monoisotopic (exact) mass is 317 g/mol. The lowest BCUT2D eigenvalue weighted by Gasteiger charge is -2.48. The zero-order chi connectivity index (χ0) is 15.5. The lowest BCUT2D eigenvalue weighted by Crippen LogP contribution is -2.49. The molecule has 23 heavy (non-hydrogen) atoms. The van der Waals surface area contributed by atoms with E-state index in [1.54, 1.807) is 0 Å². The van der Waals surface area contributed by atoms with Crippen LogP contribution in [0.1, 0.15) is 50.1 Å². The van der Waals surface area contributed by atoms with Crippen molar-refractivity contribution in [2.24, 2.45) is 0 Å². The molecule has 0 radical (unpaired) electrons. The number of benzene rings is 1. The molecule has 1 spiro atoms. The lowest BCUT2D eigenvalue weighted by molar-refractivity contribution is -0.0371. The van der Waals surface area contributed by atoms with Gasteiger partial charge in [-0.05, 0) is 44.7 Å². The average Bonchev–Trinajstić information content (AvgIpc) is 3.06. The minimum Gasteiger partial charge on any atom is -0.487 e. The van der Waals surface area contributed by atoms with Crippen LogP contribution in [0.3, 0.4) is 0 Å². The summed E-state index contributed by atoms with van der Waals surface area (Å²) in [5.74, 6) is 1.08. The molecule has 4 rings (SSSR count). The fourth-order valence-corrected chi connectivity index (χ4v) is 3.92. The van der Waals surface area contributed by atoms with Gasteiger partial charge >= 0.3 is 0 Å². The zero-order valence-corrected chi connectivity index (χ0v) is 13.8. The second-order valence-electron chi connectivity index (χ2n) is 7.10. The maximum Gasteiger partial charge on any atom is 0.124 e. The molecule has 2 fully saturated rings. The van der Waals surface area contributed by atoms with Gasteiger partial charge in [-0.25, -0.2) is 0 Å². The molecule has 4 heteroatoms. The Hall–Kier alpha value is -1.10. The van der Waals surface area contributed by atoms with E-state index >= 15 is 0 Å². The summed E-state index contributed by atoms with van der Waals surface area (Å²) in [5, 5.41) is 3.74. The Balaban J connectivity index is 1.29. The van der Waals surface area contributed by atoms with Crippen molar-refractivity contribution in [2.45, 2.75) is 56.3 Å². The maximum atomic E-state index is 6.30. The molecule has 2 atom stereocenters. The van der Waals surface area contributed by atoms with Crippen molar-refractivity contribution < 1.29 is 14.2 Å². The van der Waals surface area contributed by atoms with E-state index < -0.39 is 0 Å². The molecule has 0 bridgehead atoms. The summed E-state index contributed by atoms with van der Waals surface area (Å²) < 4.78 is 17.5. The molecule has 2 heterocycles. The van der Waals surface area contributed by atoms with Crippen LogP contribution in [-0.2, 0) is 9.47 Å². The van der Waals surface area contributed by atoms with Gasteiger partial charge in [-0.2, -0.15) is 0 Å². The van der Waals surface area contributed by atoms with Gasteiger partial charge in [0.15, 0.2) is 0 Å². The highest BCUT2D eigenvalue weighted by atomic mass is 16.5. The van der Waals surface area contributed by atoms with Crippen LogP contribution in [0.5, 0.6) is 5.75 Å². The number of rotatable bonds is 6. The molecule has 1 N–H and O–H groups in total. The molecular formula is C19H27NO3. The van der Waals surface area contributed by atoms with Crippen molar-refractivity contribution in [1.29, 1.82) is 0 Å². The van der Waals surface area contributed by atoms with Crippen LogP contribution < -0.4 is 10.1 Å². The van der Waals surface area contributed by atoms with E-state index in [9.17, 15) is 0 Å². The zero-order valence-electron chi connectivity index (χ0n) is 13.8. The topological polar surface area (TPSA) is 39.7 Å². The van der Waals surface area contributed by atoms with Crippen LogP contribution in [-0.4, -0.2) is 38.1 Å². The standard InChI is InChI=1S/C19H27NO3/c1-2-6-18-16(5-1)17(13-19(23-18)8-3-9-19)20-10-4-11-22-15-7-12-21-14-15/h1-2,5-6,15,17,20H,3-4,7-14H2/t15-,17-/m1/s1. The molecule has 4 nitrogen and oxygen atoms in total. The van der Waals surface area contributed by atoms with Crippen molar-refractivity contribution in [1.82, 2.24) is 5.32 Å². The Morgan fingerprint density at radius 2 is 2.17 bits per heavy atom. The molecule has 1 aliphatic carbocycles. The number of ether oxygens (including phenoxy) is 3. The van der Waals surface area contributed by atoms with E-state index in [4.69, 9.17) is 14.2 Å². The fourth-order valence-electron chi connectivity index (χ4n) is 3.92. The molecule has 1 saturated heterocycles. The van der Waals surface area contributed by atoms with Gasteiger partial charge in [0.05, 0.1) is 12.7 Å². The number of nitrogens with one attached hydrogen (secondary N) is 1. The normalized spacial score (nSPS) is 28.2. The highest BCUT2D eigenvalue weighted by Crippen LogP contribution is 2.48. The third-order valence-electron chi connectivity index (χ3n) is 5.42. The summed E-state index contributed by atoms with van der Waals surface area (Å²) in [6.07, 6.45) is 7.20. The molecular weight excluding hydrogens is 290 g/mol. The number of para-hydroxylation sites is 1. The van der Waals surface area contributed by atoms with Gasteiger partial charge in [-0.1, -0.05) is 18.2 Å². The van der Waals surface area contributed by atoms with Gasteiger partial charge in [0.2, 0.25) is 0 Å². The van der Waals surface area contributed by atoms with Crippen LogP contribution in [0.25, 0.3) is 0 Å². The third-order valence-corrected chi connectivity index (χ3v) is 5.42. The molecule has 1 aromatic rings. The van der Waals surface area contributed by atoms with Gasteiger partial charge in [0.1, 0.15) is 11.4 Å². The fraction of sp³-hybridized carbons (Fsp3) is 0.684. The SMILES string of the molecule is c1ccc2c(c1)OC1(CCC1)C[C@H]2NCCCO[C@@H]1CCOC1. The van der Waals surface area contributed by atoms with Crippen LogP contribution in [0.2, 0.25) is 0 Å². The number of hydrogen-bond donors (Lipinski definition) is 1. The lowest BCUT2D eigenvalue weighted by atomic mass is 9.73. The highest BCUT2D eigenvalue weighted by molar-refractivity contribution is 5.39. The second-order valence-corrected chi connectivity index (χ2v) is 7.10. The van der Waals surface area contributed by atoms with Crippen LogP contribution in [0.4, 0.5) is 0 Å². The summed E-state index contributed by atoms with van der Waals surface area (Å²) in [7, 11) is 0. The van der Waals surface area contributed by atoms with Crippen molar-refractivity contribution >= 4 is 0 Å². The first-order valence-electron chi connectivity index (χ1n) is 9.05. The van der Waals surface area contributed by atoms with Crippen molar-refractivity contribution in [3.8, 4) is 5.75 Å². The van der Waals surface area contributed by atoms with Crippen molar-refractivity contribution in [2.75, 3.05) is 26.4 Å². The first-order chi connectivity index (χ1) is 11.3. The quantitative estimate of drug-likeness (QED) is 0.818. The third kappa shape index (κ3) is 3.39. The molecule has 0 amide bonds. The minimum atomic E-state index is 0.101. The van der Waals surface area contributed by atoms with Crippen LogP contribution in [0, 0.1) is 0 Å². The number of hydrogen-bond acceptors (Lipinski definition) is 4. The Morgan fingerprint density at radius 1 is 1.26 bits per heavy atom. The molecule has 3 aliphatic rings. The summed E-state index contributed by atoms with van der Waals surface area (Å²) in [6, 6.07) is 8.91. The minimum absolute atomic E-state index is 0.101. The van der Waals surface area contributed by atoms with E-state index in [0.29, 0.717) is 12.1 Å². The Labute approximate surface area is 138 Å². The molecule has 0 unspecified atom stereocenters. The Kier molecular flexibility index (Phi) is 4.56. The summed E-state index contributed by atoms with van der Waals surface area (Å²) >= 11 is 0. The van der Waals surface area contributed by atoms with Gasteiger partial charge in [-0.3, -0.25) is 0 Å². The average molecular weight is 317 g/mol. The molecule has 1 aromatic carbocycles. The molecule has 1 saturated carbocycles. The van der Waals surface area contributed by atoms with E-state index in [0.717, 1.165) is 51.4 Å². The van der Waals surface area contributed by atoms with E-state index in [1.165, 1.54) is 24.8 Å². The van der Waals surface area contributed by atoms with Crippen molar-refractivity contribution in [3.63, 3.8) is 0 Å². The Bertz CT molecular complexity index is 523. The Morgan fingerprint density at radius 3 is 2.96 bits per heavy atom. The second kappa shape index (κ2) is 6.80. The first kappa shape index (κ1) is 15.4. The van der Waals surface area contributed by atoms with Gasteiger partial charge < -0.3 is 19.5 Å². The molecule has 2 aliphatic heterocycles. The smallest absolute Gasteiger partial charge is 0.124 e. The molecule has 0 aromatic heterocycles. The van der Waals surface area contributed by atoms with E-state index in [-0.39, 0.29) is 5.60 Å². The van der Waals surface area contributed by atoms with Crippen molar-refractivity contribution in [3.05, 3.63) is 29.8 Å². The molecule has 126 valence electrons. The predicted molar refractivity (Wildman–Crippen MR) is 88.8 cm³/mol. The van der Waals surface area contributed by atoms with E-state index in [2.05, 4.69) is 29.6 Å². The summed E-state index contributed by atoms with van der Waals surface area (Å²) in [6.45, 7) is 3.42. The van der Waals surface area contributed by atoms with Crippen LogP contribution in [0.15, 0.2) is 24.3 Å². The number of fused-ring (bicyclic) bond motifs is 1. The maximum absolute atomic E-state index is 6.30. The van der Waals surface area contributed by atoms with Gasteiger partial charge in [0, 0.05) is 31.2 Å².